The van der Waals surface area contributed by atoms with Gasteiger partial charge in [0.15, 0.2) is 23.7 Å². The van der Waals surface area contributed by atoms with Gasteiger partial charge in [-0.2, -0.15) is 11.3 Å². The van der Waals surface area contributed by atoms with E-state index in [2.05, 4.69) is 55.9 Å². The Hall–Kier alpha value is -3.36. The van der Waals surface area contributed by atoms with E-state index in [1.807, 2.05) is 19.0 Å². The molecular weight excluding hydrogens is 506 g/mol. The number of allylic oxidation sites excluding steroid dienone is 1. The molecule has 2 aromatic rings. The number of aliphatic imine (C=N–C) groups is 3. The smallest absolute Gasteiger partial charge is 0.165 e. The van der Waals surface area contributed by atoms with Gasteiger partial charge >= 0.3 is 0 Å². The third-order valence-electron chi connectivity index (χ3n) is 5.53. The largest absolute Gasteiger partial charge is 0.378 e. The number of aromatic nitrogens is 2. The van der Waals surface area contributed by atoms with E-state index in [-0.39, 0.29) is 0 Å². The fourth-order valence-electron chi connectivity index (χ4n) is 3.53. The summed E-state index contributed by atoms with van der Waals surface area (Å²) in [6.45, 7) is 13.9. The van der Waals surface area contributed by atoms with Gasteiger partial charge in [-0.1, -0.05) is 0 Å². The monoisotopic (exact) mass is 543 g/mol. The number of thiophene rings is 1. The molecule has 12 nitrogen and oxygen atoms in total. The molecule has 2 aromatic heterocycles. The van der Waals surface area contributed by atoms with E-state index in [4.69, 9.17) is 19.9 Å². The number of nitrogens with zero attached hydrogens (tertiary/aromatic N) is 8. The molecule has 0 unspecified atom stereocenters. The first kappa shape index (κ1) is 30.9. The van der Waals surface area contributed by atoms with Gasteiger partial charge in [-0.25, -0.2) is 15.4 Å². The fourth-order valence-corrected chi connectivity index (χ4v) is 4.35. The van der Waals surface area contributed by atoms with E-state index >= 15 is 0 Å². The lowest BCUT2D eigenvalue weighted by Gasteiger charge is -2.31. The van der Waals surface area contributed by atoms with Crippen molar-refractivity contribution >= 4 is 54.6 Å². The number of hydrogen-bond donors (Lipinski definition) is 2. The Labute approximate surface area is 228 Å². The van der Waals surface area contributed by atoms with E-state index < -0.39 is 0 Å². The number of nitrogens with one attached hydrogen (secondary N) is 1. The van der Waals surface area contributed by atoms with Crippen LogP contribution in [0.1, 0.15) is 5.56 Å². The van der Waals surface area contributed by atoms with Crippen LogP contribution in [0.25, 0.3) is 11.4 Å². The molecule has 0 amide bonds. The maximum atomic E-state index is 11.0. The van der Waals surface area contributed by atoms with Gasteiger partial charge in [-0.05, 0) is 38.3 Å². The van der Waals surface area contributed by atoms with Crippen molar-refractivity contribution in [1.82, 2.24) is 20.3 Å². The van der Waals surface area contributed by atoms with Crippen LogP contribution in [-0.2, 0) is 9.53 Å². The molecule has 13 heteroatoms. The van der Waals surface area contributed by atoms with Crippen LogP contribution in [0.3, 0.4) is 0 Å². The number of likely N-dealkylation sites (N-methyl/N-ethyl adjacent to an activating group) is 2. The van der Waals surface area contributed by atoms with Crippen LogP contribution in [0.15, 0.2) is 37.5 Å². The lowest BCUT2D eigenvalue weighted by Crippen LogP contribution is -2.37. The van der Waals surface area contributed by atoms with Gasteiger partial charge in [0.25, 0.3) is 0 Å². The zero-order valence-electron chi connectivity index (χ0n) is 22.5. The number of anilines is 2. The van der Waals surface area contributed by atoms with Gasteiger partial charge in [-0.15, -0.1) is 0 Å². The molecule has 0 spiro atoms. The second-order valence-corrected chi connectivity index (χ2v) is 9.12. The predicted molar refractivity (Wildman–Crippen MR) is 156 cm³/mol. The standard InChI is InChI=1S/C24H32N8O2S.CH5NO/c1-18-15-35-16-20(18)22-28-23(21(26-3)24(29-22)32-8-10-34-11-9-32)31(5)7-6-30(4)17-27-13-19(14-33)12-25-2;1-2-3/h12-16H,2-3,6-11,17H2,1,4-5H3;2-3H,1H3/b19-12+,27-13-;. The van der Waals surface area contributed by atoms with Crippen molar-refractivity contribution in [2.24, 2.45) is 15.0 Å². The maximum Gasteiger partial charge on any atom is 0.165 e. The Morgan fingerprint density at radius 1 is 1.26 bits per heavy atom. The van der Waals surface area contributed by atoms with Crippen LogP contribution in [-0.4, -0.2) is 113 Å². The minimum absolute atomic E-state index is 0.375. The summed E-state index contributed by atoms with van der Waals surface area (Å²) in [5.74, 6) is 2.20. The molecule has 0 atom stereocenters. The molecule has 3 heterocycles. The highest BCUT2D eigenvalue weighted by Gasteiger charge is 2.24. The van der Waals surface area contributed by atoms with E-state index in [0.29, 0.717) is 56.3 Å². The molecule has 206 valence electrons. The first-order valence-corrected chi connectivity index (χ1v) is 12.9. The van der Waals surface area contributed by atoms with Crippen molar-refractivity contribution in [3.63, 3.8) is 0 Å². The van der Waals surface area contributed by atoms with Crippen molar-refractivity contribution in [2.45, 2.75) is 6.92 Å². The average molecular weight is 544 g/mol. The molecule has 3 rings (SSSR count). The summed E-state index contributed by atoms with van der Waals surface area (Å²) in [5.41, 5.74) is 4.96. The number of hydrogen-bond acceptors (Lipinski definition) is 13. The van der Waals surface area contributed by atoms with E-state index in [9.17, 15) is 4.79 Å². The van der Waals surface area contributed by atoms with Crippen molar-refractivity contribution in [3.8, 4) is 11.4 Å². The van der Waals surface area contributed by atoms with Crippen LogP contribution in [0.5, 0.6) is 0 Å². The molecule has 2 N–H and O–H groups in total. The number of hydroxylamine groups is 1. The number of morpholine rings is 1. The summed E-state index contributed by atoms with van der Waals surface area (Å²) in [7, 11) is 5.39. The Morgan fingerprint density at radius 2 is 1.97 bits per heavy atom. The van der Waals surface area contributed by atoms with Crippen molar-refractivity contribution in [1.29, 1.82) is 0 Å². The van der Waals surface area contributed by atoms with E-state index in [0.717, 1.165) is 35.9 Å². The molecule has 1 aliphatic heterocycles. The topological polar surface area (TPSA) is 131 Å². The van der Waals surface area contributed by atoms with Gasteiger partial charge in [0, 0.05) is 63.6 Å². The zero-order valence-corrected chi connectivity index (χ0v) is 23.3. The lowest BCUT2D eigenvalue weighted by molar-refractivity contribution is -0.104. The molecular formula is C25H37N9O3S. The van der Waals surface area contributed by atoms with Crippen molar-refractivity contribution < 1.29 is 14.7 Å². The van der Waals surface area contributed by atoms with Crippen LogP contribution in [0.2, 0.25) is 0 Å². The summed E-state index contributed by atoms with van der Waals surface area (Å²) in [5, 5.41) is 11.5. The Kier molecular flexibility index (Phi) is 13.4. The second kappa shape index (κ2) is 16.5. The predicted octanol–water partition coefficient (Wildman–Crippen LogP) is 2.46. The summed E-state index contributed by atoms with van der Waals surface area (Å²) in [6, 6.07) is 0. The highest BCUT2D eigenvalue weighted by Crippen LogP contribution is 2.38. The molecule has 1 fully saturated rings. The van der Waals surface area contributed by atoms with Gasteiger partial charge in [0.1, 0.15) is 5.69 Å². The fraction of sp³-hybridized carbons (Fsp3) is 0.440. The quantitative estimate of drug-likeness (QED) is 0.179. The number of aryl methyl sites for hydroxylation is 1. The molecule has 0 radical (unpaired) electrons. The molecule has 1 aliphatic rings. The summed E-state index contributed by atoms with van der Waals surface area (Å²) in [6.07, 6.45) is 3.57. The number of ether oxygens (including phenoxy) is 1. The van der Waals surface area contributed by atoms with Gasteiger partial charge in [0.2, 0.25) is 0 Å². The molecule has 0 bridgehead atoms. The van der Waals surface area contributed by atoms with Crippen LogP contribution in [0, 0.1) is 6.92 Å². The SMILES string of the molecule is C=N/C=C(C=O)\C=N/CN(C)CCN(C)c1nc(-c2cscc2C)nc(N2CCOCC2)c1N=C.CNO. The van der Waals surface area contributed by atoms with Gasteiger partial charge < -0.3 is 19.7 Å². The summed E-state index contributed by atoms with van der Waals surface area (Å²) >= 11 is 1.64. The Bertz CT molecular complexity index is 1110. The zero-order chi connectivity index (χ0) is 27.9. The highest BCUT2D eigenvalue weighted by atomic mass is 32.1. The third kappa shape index (κ3) is 8.89. The number of aldehydes is 1. The summed E-state index contributed by atoms with van der Waals surface area (Å²) in [4.78, 5) is 39.4. The van der Waals surface area contributed by atoms with Gasteiger partial charge in [-0.3, -0.25) is 24.7 Å². The Balaban J connectivity index is 0.00000161. The van der Waals surface area contributed by atoms with Crippen LogP contribution in [0.4, 0.5) is 17.3 Å². The summed E-state index contributed by atoms with van der Waals surface area (Å²) < 4.78 is 5.54. The van der Waals surface area contributed by atoms with Crippen molar-refractivity contribution in [3.05, 3.63) is 28.1 Å². The molecule has 0 saturated carbocycles. The normalized spacial score (nSPS) is 13.8. The molecule has 1 saturated heterocycles. The van der Waals surface area contributed by atoms with Crippen LogP contribution < -0.4 is 15.3 Å². The minimum Gasteiger partial charge on any atom is -0.378 e. The molecule has 38 heavy (non-hydrogen) atoms. The first-order chi connectivity index (χ1) is 18.4. The average Bonchev–Trinajstić information content (AvgIpc) is 3.37. The maximum absolute atomic E-state index is 11.0. The number of carbonyl (C=O) groups excluding carboxylic acids is 1. The first-order valence-electron chi connectivity index (χ1n) is 12.0. The number of carbonyl (C=O) groups is 1. The third-order valence-corrected chi connectivity index (χ3v) is 6.39. The molecule has 0 aromatic carbocycles. The highest BCUT2D eigenvalue weighted by molar-refractivity contribution is 7.08. The van der Waals surface area contributed by atoms with E-state index in [1.165, 1.54) is 19.5 Å². The van der Waals surface area contributed by atoms with E-state index in [1.54, 1.807) is 16.8 Å². The molecule has 0 aliphatic carbocycles. The minimum atomic E-state index is 0.375. The Morgan fingerprint density at radius 3 is 2.55 bits per heavy atom. The number of rotatable bonds is 12. The lowest BCUT2D eigenvalue weighted by atomic mass is 10.2. The van der Waals surface area contributed by atoms with Gasteiger partial charge in [0.05, 0.1) is 25.5 Å². The van der Waals surface area contributed by atoms with Crippen LogP contribution >= 0.6 is 11.3 Å². The second-order valence-electron chi connectivity index (χ2n) is 8.38. The van der Waals surface area contributed by atoms with Crippen molar-refractivity contribution in [2.75, 3.05) is 77.0 Å².